The molecule has 150 valence electrons. The number of hydrogen-bond acceptors (Lipinski definition) is 3. The predicted molar refractivity (Wildman–Crippen MR) is 114 cm³/mol. The molecule has 1 N–H and O–H groups in total. The number of pyridine rings is 2. The number of aromatic nitrogens is 2. The minimum Gasteiger partial charge on any atom is -0.330 e. The molecule has 4 rings (SSSR count). The molecule has 0 aliphatic rings. The van der Waals surface area contributed by atoms with Gasteiger partial charge in [-0.1, -0.05) is 30.3 Å². The second-order valence-corrected chi connectivity index (χ2v) is 7.22. The molecule has 2 heterocycles. The average molecular weight is 401 g/mol. The molecule has 0 saturated heterocycles. The number of halogens is 1. The number of benzene rings is 2. The van der Waals surface area contributed by atoms with Crippen LogP contribution in [-0.2, 0) is 13.1 Å². The lowest BCUT2D eigenvalue weighted by Gasteiger charge is -2.23. The van der Waals surface area contributed by atoms with Gasteiger partial charge in [-0.3, -0.25) is 14.6 Å². The van der Waals surface area contributed by atoms with E-state index in [-0.39, 0.29) is 24.2 Å². The first-order chi connectivity index (χ1) is 14.5. The van der Waals surface area contributed by atoms with E-state index in [4.69, 9.17) is 0 Å². The predicted octanol–water partition coefficient (Wildman–Crippen LogP) is 4.21. The fourth-order valence-corrected chi connectivity index (χ4v) is 3.40. The van der Waals surface area contributed by atoms with E-state index in [1.54, 1.807) is 30.6 Å². The molecule has 0 aliphatic heterocycles. The number of rotatable bonds is 5. The molecular formula is C24H20FN3O2. The zero-order chi connectivity index (χ0) is 21.1. The van der Waals surface area contributed by atoms with Gasteiger partial charge < -0.3 is 9.88 Å². The summed E-state index contributed by atoms with van der Waals surface area (Å²) in [4.78, 5) is 34.2. The Bertz CT molecular complexity index is 1270. The van der Waals surface area contributed by atoms with Gasteiger partial charge in [0.15, 0.2) is 0 Å². The van der Waals surface area contributed by atoms with E-state index in [9.17, 15) is 14.0 Å². The van der Waals surface area contributed by atoms with E-state index in [0.29, 0.717) is 5.56 Å². The van der Waals surface area contributed by atoms with E-state index in [2.05, 4.69) is 9.97 Å². The highest BCUT2D eigenvalue weighted by Crippen LogP contribution is 2.18. The zero-order valence-electron chi connectivity index (χ0n) is 16.4. The lowest BCUT2D eigenvalue weighted by molar-refractivity contribution is 0.0724. The number of aromatic amines is 1. The van der Waals surface area contributed by atoms with Crippen LogP contribution in [0.3, 0.4) is 0 Å². The molecule has 1 amide bonds. The van der Waals surface area contributed by atoms with E-state index in [1.165, 1.54) is 23.1 Å². The third-order valence-electron chi connectivity index (χ3n) is 4.93. The average Bonchev–Trinajstić information content (AvgIpc) is 2.74. The van der Waals surface area contributed by atoms with Crippen LogP contribution in [0.4, 0.5) is 4.39 Å². The number of carbonyl (C=O) groups is 1. The van der Waals surface area contributed by atoms with Crippen LogP contribution >= 0.6 is 0 Å². The first kappa shape index (κ1) is 19.5. The molecule has 0 unspecified atom stereocenters. The minimum absolute atomic E-state index is 0.0331. The summed E-state index contributed by atoms with van der Waals surface area (Å²) < 4.78 is 14.3. The molecule has 0 bridgehead atoms. The van der Waals surface area contributed by atoms with Crippen LogP contribution in [0.25, 0.3) is 10.9 Å². The molecule has 0 radical (unpaired) electrons. The van der Waals surface area contributed by atoms with E-state index in [0.717, 1.165) is 22.0 Å². The van der Waals surface area contributed by atoms with Crippen molar-refractivity contribution in [2.45, 2.75) is 20.0 Å². The molecule has 30 heavy (non-hydrogen) atoms. The Kier molecular flexibility index (Phi) is 5.39. The highest BCUT2D eigenvalue weighted by molar-refractivity contribution is 5.94. The van der Waals surface area contributed by atoms with Crippen LogP contribution in [0, 0.1) is 12.7 Å². The summed E-state index contributed by atoms with van der Waals surface area (Å²) in [6, 6.07) is 17.0. The van der Waals surface area contributed by atoms with Gasteiger partial charge in [-0.05, 0) is 53.8 Å². The molecule has 5 nitrogen and oxygen atoms in total. The van der Waals surface area contributed by atoms with E-state index in [1.807, 2.05) is 31.2 Å². The van der Waals surface area contributed by atoms with Crippen LogP contribution in [-0.4, -0.2) is 20.8 Å². The van der Waals surface area contributed by atoms with Gasteiger partial charge >= 0.3 is 0 Å². The number of aryl methyl sites for hydroxylation is 1. The third kappa shape index (κ3) is 4.12. The quantitative estimate of drug-likeness (QED) is 0.545. The van der Waals surface area contributed by atoms with Crippen molar-refractivity contribution in [2.75, 3.05) is 0 Å². The van der Waals surface area contributed by atoms with Crippen LogP contribution in [0.2, 0.25) is 0 Å². The van der Waals surface area contributed by atoms with Gasteiger partial charge in [-0.25, -0.2) is 4.39 Å². The summed E-state index contributed by atoms with van der Waals surface area (Å²) >= 11 is 0. The summed E-state index contributed by atoms with van der Waals surface area (Å²) in [5, 5.41) is 0.870. The van der Waals surface area contributed by atoms with Gasteiger partial charge in [0.2, 0.25) is 0 Å². The van der Waals surface area contributed by atoms with Gasteiger partial charge in [-0.15, -0.1) is 0 Å². The molecular weight excluding hydrogens is 381 g/mol. The monoisotopic (exact) mass is 401 g/mol. The van der Waals surface area contributed by atoms with Crippen molar-refractivity contribution < 1.29 is 9.18 Å². The number of amides is 1. The number of hydrogen-bond donors (Lipinski definition) is 1. The van der Waals surface area contributed by atoms with Crippen LogP contribution in [0.1, 0.15) is 27.0 Å². The highest BCUT2D eigenvalue weighted by Gasteiger charge is 2.21. The molecule has 0 spiro atoms. The number of fused-ring (bicyclic) bond motifs is 1. The molecule has 0 fully saturated rings. The Balaban J connectivity index is 1.72. The molecule has 6 heteroatoms. The first-order valence-electron chi connectivity index (χ1n) is 9.56. The Morgan fingerprint density at radius 3 is 2.67 bits per heavy atom. The maximum Gasteiger partial charge on any atom is 0.257 e. The summed E-state index contributed by atoms with van der Waals surface area (Å²) in [5.41, 5.74) is 2.69. The maximum atomic E-state index is 14.3. The van der Waals surface area contributed by atoms with Gasteiger partial charge in [-0.2, -0.15) is 0 Å². The molecule has 0 saturated carbocycles. The zero-order valence-corrected chi connectivity index (χ0v) is 16.4. The molecule has 0 atom stereocenters. The van der Waals surface area contributed by atoms with Crippen molar-refractivity contribution in [3.63, 3.8) is 0 Å². The fourth-order valence-electron chi connectivity index (χ4n) is 3.40. The number of nitrogens with zero attached hydrogens (tertiary/aromatic N) is 2. The minimum atomic E-state index is -0.596. The number of H-pyrrole nitrogens is 1. The largest absolute Gasteiger partial charge is 0.330 e. The van der Waals surface area contributed by atoms with Gasteiger partial charge in [0, 0.05) is 30.0 Å². The second-order valence-electron chi connectivity index (χ2n) is 7.22. The maximum absolute atomic E-state index is 14.3. The smallest absolute Gasteiger partial charge is 0.257 e. The number of nitrogens with one attached hydrogen (secondary N) is 1. The van der Waals surface area contributed by atoms with Crippen molar-refractivity contribution >= 4 is 16.8 Å². The molecule has 0 aliphatic carbocycles. The van der Waals surface area contributed by atoms with E-state index >= 15 is 0 Å². The van der Waals surface area contributed by atoms with Crippen molar-refractivity contribution in [2.24, 2.45) is 0 Å². The van der Waals surface area contributed by atoms with E-state index < -0.39 is 11.7 Å². The SMILES string of the molecule is Cc1ccc2cc(CN(Cc3cccnc3)C(=O)c3ccccc3F)c(=O)[nH]c2c1. The topological polar surface area (TPSA) is 66.1 Å². The second kappa shape index (κ2) is 8.29. The molecule has 2 aromatic heterocycles. The van der Waals surface area contributed by atoms with Gasteiger partial charge in [0.1, 0.15) is 5.82 Å². The lowest BCUT2D eigenvalue weighted by Crippen LogP contribution is -2.33. The Labute approximate surface area is 172 Å². The summed E-state index contributed by atoms with van der Waals surface area (Å²) in [5.74, 6) is -1.08. The normalized spacial score (nSPS) is 10.9. The summed E-state index contributed by atoms with van der Waals surface area (Å²) in [6.45, 7) is 2.20. The Morgan fingerprint density at radius 2 is 1.90 bits per heavy atom. The van der Waals surface area contributed by atoms with Gasteiger partial charge in [0.25, 0.3) is 11.5 Å². The van der Waals surface area contributed by atoms with Gasteiger partial charge in [0.05, 0.1) is 12.1 Å². The van der Waals surface area contributed by atoms with Crippen molar-refractivity contribution in [3.05, 3.63) is 111 Å². The lowest BCUT2D eigenvalue weighted by atomic mass is 10.1. The van der Waals surface area contributed by atoms with Crippen LogP contribution < -0.4 is 5.56 Å². The fraction of sp³-hybridized carbons (Fsp3) is 0.125. The van der Waals surface area contributed by atoms with Crippen molar-refractivity contribution in [1.82, 2.24) is 14.9 Å². The molecule has 4 aromatic rings. The summed E-state index contributed by atoms with van der Waals surface area (Å²) in [7, 11) is 0. The Morgan fingerprint density at radius 1 is 1.07 bits per heavy atom. The molecule has 2 aromatic carbocycles. The summed E-state index contributed by atoms with van der Waals surface area (Å²) in [6.07, 6.45) is 3.29. The van der Waals surface area contributed by atoms with Crippen LogP contribution in [0.15, 0.2) is 77.9 Å². The highest BCUT2D eigenvalue weighted by atomic mass is 19.1. The van der Waals surface area contributed by atoms with Crippen molar-refractivity contribution in [1.29, 1.82) is 0 Å². The third-order valence-corrected chi connectivity index (χ3v) is 4.93. The first-order valence-corrected chi connectivity index (χ1v) is 9.56. The van der Waals surface area contributed by atoms with Crippen LogP contribution in [0.5, 0.6) is 0 Å². The Hall–Kier alpha value is -3.80. The van der Waals surface area contributed by atoms with Crippen molar-refractivity contribution in [3.8, 4) is 0 Å². The number of carbonyl (C=O) groups excluding carboxylic acids is 1. The standard InChI is InChI=1S/C24H20FN3O2/c1-16-8-9-18-12-19(23(29)27-22(18)11-16)15-28(14-17-5-4-10-26-13-17)24(30)20-6-2-3-7-21(20)25/h2-13H,14-15H2,1H3,(H,27,29).